The standard InChI is InChI=1S/C24H18N2O2/c25-15-19-7-1-2-8-20(19)16-27-22-9-5-10-23(14-22)28-17-21-13-12-18-6-3-4-11-24(18)26-21/h1-14H,16-17H2. The SMILES string of the molecule is N#Cc1ccccc1COc1cccc(OCc2ccc3ccccc3n2)c1. The van der Waals surface area contributed by atoms with Crippen molar-refractivity contribution in [1.29, 1.82) is 5.26 Å². The van der Waals surface area contributed by atoms with Gasteiger partial charge in [-0.15, -0.1) is 0 Å². The Bertz CT molecular complexity index is 1150. The van der Waals surface area contributed by atoms with Crippen LogP contribution in [0.3, 0.4) is 0 Å². The van der Waals surface area contributed by atoms with Crippen molar-refractivity contribution in [1.82, 2.24) is 4.98 Å². The van der Waals surface area contributed by atoms with Crippen LogP contribution in [0.4, 0.5) is 0 Å². The van der Waals surface area contributed by atoms with Gasteiger partial charge in [-0.2, -0.15) is 5.26 Å². The molecule has 0 unspecified atom stereocenters. The predicted octanol–water partition coefficient (Wildman–Crippen LogP) is 5.26. The zero-order valence-electron chi connectivity index (χ0n) is 15.2. The second-order valence-corrected chi connectivity index (χ2v) is 6.32. The van der Waals surface area contributed by atoms with Crippen LogP contribution in [0, 0.1) is 11.3 Å². The van der Waals surface area contributed by atoms with Gasteiger partial charge >= 0.3 is 0 Å². The highest BCUT2D eigenvalue weighted by Gasteiger charge is 2.04. The topological polar surface area (TPSA) is 55.1 Å². The molecule has 0 spiro atoms. The molecule has 0 bridgehead atoms. The second-order valence-electron chi connectivity index (χ2n) is 6.32. The highest BCUT2D eigenvalue weighted by molar-refractivity contribution is 5.78. The van der Waals surface area contributed by atoms with Gasteiger partial charge in [0.05, 0.1) is 22.8 Å². The summed E-state index contributed by atoms with van der Waals surface area (Å²) in [6.07, 6.45) is 0. The molecule has 0 atom stereocenters. The minimum absolute atomic E-state index is 0.333. The van der Waals surface area contributed by atoms with E-state index in [0.29, 0.717) is 30.3 Å². The number of benzene rings is 3. The largest absolute Gasteiger partial charge is 0.489 e. The molecular weight excluding hydrogens is 348 g/mol. The Labute approximate surface area is 163 Å². The molecule has 136 valence electrons. The lowest BCUT2D eigenvalue weighted by Gasteiger charge is -2.10. The van der Waals surface area contributed by atoms with Crippen LogP contribution >= 0.6 is 0 Å². The fraction of sp³-hybridized carbons (Fsp3) is 0.0833. The number of ether oxygens (including phenoxy) is 2. The van der Waals surface area contributed by atoms with Gasteiger partial charge < -0.3 is 9.47 Å². The molecule has 0 aliphatic heterocycles. The van der Waals surface area contributed by atoms with Crippen molar-refractivity contribution in [3.8, 4) is 17.6 Å². The first-order valence-electron chi connectivity index (χ1n) is 9.00. The second kappa shape index (κ2) is 8.24. The molecule has 3 aromatic carbocycles. The van der Waals surface area contributed by atoms with Gasteiger partial charge in [-0.1, -0.05) is 48.5 Å². The molecule has 0 amide bonds. The first-order chi connectivity index (χ1) is 13.8. The number of para-hydroxylation sites is 1. The third-order valence-corrected chi connectivity index (χ3v) is 4.38. The van der Waals surface area contributed by atoms with Crippen molar-refractivity contribution in [3.05, 3.63) is 102 Å². The fourth-order valence-electron chi connectivity index (χ4n) is 2.92. The summed E-state index contributed by atoms with van der Waals surface area (Å²) >= 11 is 0. The number of hydrogen-bond donors (Lipinski definition) is 0. The van der Waals surface area contributed by atoms with Crippen LogP contribution < -0.4 is 9.47 Å². The number of hydrogen-bond acceptors (Lipinski definition) is 4. The van der Waals surface area contributed by atoms with Crippen LogP contribution in [0.1, 0.15) is 16.8 Å². The molecule has 0 saturated carbocycles. The lowest BCUT2D eigenvalue weighted by Crippen LogP contribution is -2.00. The summed E-state index contributed by atoms with van der Waals surface area (Å²) in [7, 11) is 0. The molecule has 0 saturated heterocycles. The van der Waals surface area contributed by atoms with Gasteiger partial charge in [0.1, 0.15) is 24.7 Å². The van der Waals surface area contributed by atoms with Crippen molar-refractivity contribution < 1.29 is 9.47 Å². The van der Waals surface area contributed by atoms with Crippen LogP contribution in [-0.2, 0) is 13.2 Å². The average Bonchev–Trinajstić information content (AvgIpc) is 2.76. The fourth-order valence-corrected chi connectivity index (χ4v) is 2.92. The Morgan fingerprint density at radius 2 is 1.50 bits per heavy atom. The summed E-state index contributed by atoms with van der Waals surface area (Å²) in [6.45, 7) is 0.713. The summed E-state index contributed by atoms with van der Waals surface area (Å²) < 4.78 is 11.7. The van der Waals surface area contributed by atoms with E-state index >= 15 is 0 Å². The third-order valence-electron chi connectivity index (χ3n) is 4.38. The summed E-state index contributed by atoms with van der Waals surface area (Å²) in [5, 5.41) is 10.3. The summed E-state index contributed by atoms with van der Waals surface area (Å²) in [5.74, 6) is 1.40. The van der Waals surface area contributed by atoms with Gasteiger partial charge in [0, 0.05) is 17.0 Å². The zero-order chi connectivity index (χ0) is 19.2. The minimum atomic E-state index is 0.333. The Morgan fingerprint density at radius 1 is 0.750 bits per heavy atom. The van der Waals surface area contributed by atoms with E-state index in [0.717, 1.165) is 22.2 Å². The first-order valence-corrected chi connectivity index (χ1v) is 9.00. The van der Waals surface area contributed by atoms with Crippen LogP contribution in [-0.4, -0.2) is 4.98 Å². The lowest BCUT2D eigenvalue weighted by molar-refractivity contribution is 0.287. The maximum Gasteiger partial charge on any atom is 0.130 e. The number of pyridine rings is 1. The highest BCUT2D eigenvalue weighted by atomic mass is 16.5. The van der Waals surface area contributed by atoms with E-state index in [1.165, 1.54) is 0 Å². The van der Waals surface area contributed by atoms with Crippen LogP contribution in [0.5, 0.6) is 11.5 Å². The van der Waals surface area contributed by atoms with Gasteiger partial charge in [0.2, 0.25) is 0 Å². The molecule has 28 heavy (non-hydrogen) atoms. The molecule has 0 N–H and O–H groups in total. The quantitative estimate of drug-likeness (QED) is 0.467. The highest BCUT2D eigenvalue weighted by Crippen LogP contribution is 2.22. The Hall–Kier alpha value is -3.84. The van der Waals surface area contributed by atoms with Crippen LogP contribution in [0.25, 0.3) is 10.9 Å². The smallest absolute Gasteiger partial charge is 0.130 e. The van der Waals surface area contributed by atoms with Gasteiger partial charge in [0.15, 0.2) is 0 Å². The van der Waals surface area contributed by atoms with E-state index in [1.807, 2.05) is 78.9 Å². The number of rotatable bonds is 6. The first kappa shape index (κ1) is 17.6. The number of nitrogens with zero attached hydrogens (tertiary/aromatic N) is 2. The Balaban J connectivity index is 1.41. The number of aromatic nitrogens is 1. The van der Waals surface area contributed by atoms with E-state index in [4.69, 9.17) is 9.47 Å². The normalized spacial score (nSPS) is 10.4. The molecule has 4 heteroatoms. The summed E-state index contributed by atoms with van der Waals surface area (Å²) in [6, 6.07) is 29.1. The monoisotopic (exact) mass is 366 g/mol. The van der Waals surface area contributed by atoms with Crippen molar-refractivity contribution >= 4 is 10.9 Å². The predicted molar refractivity (Wildman–Crippen MR) is 108 cm³/mol. The Morgan fingerprint density at radius 3 is 2.36 bits per heavy atom. The molecule has 4 rings (SSSR count). The van der Waals surface area contributed by atoms with E-state index in [1.54, 1.807) is 6.07 Å². The molecule has 0 aliphatic rings. The minimum Gasteiger partial charge on any atom is -0.489 e. The lowest BCUT2D eigenvalue weighted by atomic mass is 10.1. The molecule has 4 aromatic rings. The Kier molecular flexibility index (Phi) is 5.17. The van der Waals surface area contributed by atoms with Crippen molar-refractivity contribution in [2.24, 2.45) is 0 Å². The van der Waals surface area contributed by atoms with Crippen LogP contribution in [0.15, 0.2) is 84.9 Å². The van der Waals surface area contributed by atoms with Crippen molar-refractivity contribution in [3.63, 3.8) is 0 Å². The van der Waals surface area contributed by atoms with Gasteiger partial charge in [-0.05, 0) is 30.3 Å². The van der Waals surface area contributed by atoms with Gasteiger partial charge in [0.25, 0.3) is 0 Å². The van der Waals surface area contributed by atoms with Crippen LogP contribution in [0.2, 0.25) is 0 Å². The van der Waals surface area contributed by atoms with Crippen molar-refractivity contribution in [2.75, 3.05) is 0 Å². The molecule has 1 heterocycles. The average molecular weight is 366 g/mol. The maximum atomic E-state index is 9.17. The van der Waals surface area contributed by atoms with E-state index in [-0.39, 0.29) is 0 Å². The van der Waals surface area contributed by atoms with E-state index < -0.39 is 0 Å². The molecule has 4 nitrogen and oxygen atoms in total. The van der Waals surface area contributed by atoms with Gasteiger partial charge in [-0.25, -0.2) is 4.98 Å². The zero-order valence-corrected chi connectivity index (χ0v) is 15.2. The van der Waals surface area contributed by atoms with Crippen molar-refractivity contribution in [2.45, 2.75) is 13.2 Å². The molecule has 0 fully saturated rings. The maximum absolute atomic E-state index is 9.17. The number of nitriles is 1. The third kappa shape index (κ3) is 4.11. The van der Waals surface area contributed by atoms with Gasteiger partial charge in [-0.3, -0.25) is 0 Å². The molecular formula is C24H18N2O2. The molecule has 0 radical (unpaired) electrons. The van der Waals surface area contributed by atoms with E-state index in [9.17, 15) is 5.26 Å². The summed E-state index contributed by atoms with van der Waals surface area (Å²) in [4.78, 5) is 4.62. The van der Waals surface area contributed by atoms with E-state index in [2.05, 4.69) is 11.1 Å². The molecule has 0 aliphatic carbocycles. The summed E-state index contributed by atoms with van der Waals surface area (Å²) in [5.41, 5.74) is 3.30. The number of fused-ring (bicyclic) bond motifs is 1. The molecule has 1 aromatic heterocycles.